The number of carbonyl (C=O) groups is 1. The lowest BCUT2D eigenvalue weighted by Gasteiger charge is -2.29. The smallest absolute Gasteiger partial charge is 0.224 e. The summed E-state index contributed by atoms with van der Waals surface area (Å²) in [6, 6.07) is 3.66. The zero-order chi connectivity index (χ0) is 12.7. The molecular formula is C13H20N2O2. The Morgan fingerprint density at radius 3 is 2.65 bits per heavy atom. The van der Waals surface area contributed by atoms with Crippen molar-refractivity contribution in [2.75, 3.05) is 6.61 Å². The molecule has 0 saturated carbocycles. The van der Waals surface area contributed by atoms with Gasteiger partial charge in [-0.05, 0) is 37.5 Å². The van der Waals surface area contributed by atoms with Crippen LogP contribution in [0.1, 0.15) is 32.3 Å². The fourth-order valence-electron chi connectivity index (χ4n) is 1.64. The third-order valence-corrected chi connectivity index (χ3v) is 3.00. The van der Waals surface area contributed by atoms with Crippen molar-refractivity contribution < 1.29 is 9.90 Å². The van der Waals surface area contributed by atoms with Crippen LogP contribution >= 0.6 is 0 Å². The van der Waals surface area contributed by atoms with Crippen molar-refractivity contribution in [1.29, 1.82) is 0 Å². The van der Waals surface area contributed by atoms with Gasteiger partial charge in [-0.3, -0.25) is 9.78 Å². The standard InChI is InChI=1S/C13H20N2O2/c1-3-13(2,6-9-16)15-12(17)10-11-4-7-14-8-5-11/h4-5,7-8,16H,3,6,9-10H2,1-2H3,(H,15,17). The number of aliphatic hydroxyl groups excluding tert-OH is 1. The molecule has 0 aliphatic heterocycles. The van der Waals surface area contributed by atoms with Gasteiger partial charge in [0.05, 0.1) is 6.42 Å². The van der Waals surface area contributed by atoms with Gasteiger partial charge in [0.25, 0.3) is 0 Å². The quantitative estimate of drug-likeness (QED) is 0.782. The first-order valence-electron chi connectivity index (χ1n) is 5.90. The highest BCUT2D eigenvalue weighted by molar-refractivity contribution is 5.79. The monoisotopic (exact) mass is 236 g/mol. The highest BCUT2D eigenvalue weighted by atomic mass is 16.3. The van der Waals surface area contributed by atoms with Crippen LogP contribution in [0.2, 0.25) is 0 Å². The second-order valence-electron chi connectivity index (χ2n) is 4.47. The van der Waals surface area contributed by atoms with Gasteiger partial charge in [-0.25, -0.2) is 0 Å². The molecule has 4 heteroatoms. The SMILES string of the molecule is CCC(C)(CCO)NC(=O)Cc1ccncc1. The Bertz CT molecular complexity index is 354. The molecule has 1 amide bonds. The molecule has 0 bridgehead atoms. The minimum absolute atomic E-state index is 0.0194. The summed E-state index contributed by atoms with van der Waals surface area (Å²) in [6.07, 6.45) is 5.08. The molecule has 1 atom stereocenters. The molecule has 1 unspecified atom stereocenters. The lowest BCUT2D eigenvalue weighted by atomic mass is 9.94. The second-order valence-corrected chi connectivity index (χ2v) is 4.47. The number of rotatable bonds is 6. The zero-order valence-electron chi connectivity index (χ0n) is 10.4. The number of nitrogens with zero attached hydrogens (tertiary/aromatic N) is 1. The van der Waals surface area contributed by atoms with E-state index in [1.807, 2.05) is 26.0 Å². The summed E-state index contributed by atoms with van der Waals surface area (Å²) in [5.41, 5.74) is 0.624. The maximum atomic E-state index is 11.8. The molecule has 94 valence electrons. The number of amides is 1. The maximum absolute atomic E-state index is 11.8. The summed E-state index contributed by atoms with van der Waals surface area (Å²) in [4.78, 5) is 15.8. The topological polar surface area (TPSA) is 62.2 Å². The van der Waals surface area contributed by atoms with Crippen molar-refractivity contribution >= 4 is 5.91 Å². The van der Waals surface area contributed by atoms with Crippen LogP contribution in [-0.2, 0) is 11.2 Å². The highest BCUT2D eigenvalue weighted by Gasteiger charge is 2.23. The third-order valence-electron chi connectivity index (χ3n) is 3.00. The van der Waals surface area contributed by atoms with Crippen molar-refractivity contribution in [3.8, 4) is 0 Å². The second kappa shape index (κ2) is 6.35. The molecule has 0 fully saturated rings. The molecule has 0 saturated heterocycles. The van der Waals surface area contributed by atoms with Gasteiger partial charge in [-0.1, -0.05) is 6.92 Å². The summed E-state index contributed by atoms with van der Waals surface area (Å²) < 4.78 is 0. The number of pyridine rings is 1. The van der Waals surface area contributed by atoms with Crippen LogP contribution in [0.3, 0.4) is 0 Å². The van der Waals surface area contributed by atoms with Crippen molar-refractivity contribution in [2.24, 2.45) is 0 Å². The molecule has 2 N–H and O–H groups in total. The summed E-state index contributed by atoms with van der Waals surface area (Å²) >= 11 is 0. The maximum Gasteiger partial charge on any atom is 0.224 e. The molecule has 1 aromatic rings. The normalized spacial score (nSPS) is 14.1. The van der Waals surface area contributed by atoms with Crippen molar-refractivity contribution in [3.63, 3.8) is 0 Å². The molecule has 0 spiro atoms. The number of nitrogens with one attached hydrogen (secondary N) is 1. The average molecular weight is 236 g/mol. The number of aliphatic hydroxyl groups is 1. The molecule has 17 heavy (non-hydrogen) atoms. The Morgan fingerprint density at radius 2 is 2.12 bits per heavy atom. The van der Waals surface area contributed by atoms with E-state index in [-0.39, 0.29) is 18.1 Å². The lowest BCUT2D eigenvalue weighted by Crippen LogP contribution is -2.46. The van der Waals surface area contributed by atoms with Gasteiger partial charge < -0.3 is 10.4 Å². The van der Waals surface area contributed by atoms with Gasteiger partial charge in [0, 0.05) is 24.5 Å². The Morgan fingerprint density at radius 1 is 1.47 bits per heavy atom. The first-order valence-corrected chi connectivity index (χ1v) is 5.90. The van der Waals surface area contributed by atoms with Gasteiger partial charge in [-0.15, -0.1) is 0 Å². The lowest BCUT2D eigenvalue weighted by molar-refractivity contribution is -0.122. The molecule has 1 rings (SSSR count). The molecule has 0 aliphatic carbocycles. The number of carbonyl (C=O) groups excluding carboxylic acids is 1. The van der Waals surface area contributed by atoms with Crippen molar-refractivity contribution in [3.05, 3.63) is 30.1 Å². The number of aromatic nitrogens is 1. The fraction of sp³-hybridized carbons (Fsp3) is 0.538. The highest BCUT2D eigenvalue weighted by Crippen LogP contribution is 2.14. The molecule has 0 aromatic carbocycles. The Labute approximate surface area is 102 Å². The van der Waals surface area contributed by atoms with Crippen LogP contribution in [0.25, 0.3) is 0 Å². The predicted molar refractivity (Wildman–Crippen MR) is 66.5 cm³/mol. The number of hydrogen-bond acceptors (Lipinski definition) is 3. The van der Waals surface area contributed by atoms with Gasteiger partial charge in [0.2, 0.25) is 5.91 Å². The molecule has 1 heterocycles. The van der Waals surface area contributed by atoms with Crippen LogP contribution in [0.5, 0.6) is 0 Å². The summed E-state index contributed by atoms with van der Waals surface area (Å²) in [5.74, 6) is -0.0194. The first kappa shape index (κ1) is 13.6. The zero-order valence-corrected chi connectivity index (χ0v) is 10.4. The van der Waals surface area contributed by atoms with Gasteiger partial charge in [0.1, 0.15) is 0 Å². The number of hydrogen-bond donors (Lipinski definition) is 2. The van der Waals surface area contributed by atoms with E-state index in [4.69, 9.17) is 5.11 Å². The van der Waals surface area contributed by atoms with E-state index in [9.17, 15) is 4.79 Å². The van der Waals surface area contributed by atoms with E-state index >= 15 is 0 Å². The van der Waals surface area contributed by atoms with Crippen molar-refractivity contribution in [1.82, 2.24) is 10.3 Å². The largest absolute Gasteiger partial charge is 0.396 e. The van der Waals surface area contributed by atoms with E-state index in [0.717, 1.165) is 12.0 Å². The van der Waals surface area contributed by atoms with E-state index in [0.29, 0.717) is 12.8 Å². The van der Waals surface area contributed by atoms with Crippen LogP contribution in [-0.4, -0.2) is 28.1 Å². The Balaban J connectivity index is 2.54. The van der Waals surface area contributed by atoms with Crippen LogP contribution in [0, 0.1) is 0 Å². The Hall–Kier alpha value is -1.42. The van der Waals surface area contributed by atoms with Gasteiger partial charge >= 0.3 is 0 Å². The van der Waals surface area contributed by atoms with E-state index in [1.54, 1.807) is 12.4 Å². The molecule has 0 aliphatic rings. The molecular weight excluding hydrogens is 216 g/mol. The van der Waals surface area contributed by atoms with E-state index < -0.39 is 0 Å². The Kier molecular flexibility index (Phi) is 5.10. The summed E-state index contributed by atoms with van der Waals surface area (Å²) in [5, 5.41) is 11.9. The third kappa shape index (κ3) is 4.53. The van der Waals surface area contributed by atoms with Gasteiger partial charge in [0.15, 0.2) is 0 Å². The van der Waals surface area contributed by atoms with Crippen LogP contribution in [0.15, 0.2) is 24.5 Å². The predicted octanol–water partition coefficient (Wildman–Crippen LogP) is 1.29. The van der Waals surface area contributed by atoms with Gasteiger partial charge in [-0.2, -0.15) is 0 Å². The van der Waals surface area contributed by atoms with E-state index in [2.05, 4.69) is 10.3 Å². The molecule has 0 radical (unpaired) electrons. The minimum Gasteiger partial charge on any atom is -0.396 e. The fourth-order valence-corrected chi connectivity index (χ4v) is 1.64. The van der Waals surface area contributed by atoms with Crippen LogP contribution < -0.4 is 5.32 Å². The average Bonchev–Trinajstić information content (AvgIpc) is 2.30. The summed E-state index contributed by atoms with van der Waals surface area (Å²) in [7, 11) is 0. The van der Waals surface area contributed by atoms with Crippen molar-refractivity contribution in [2.45, 2.75) is 38.6 Å². The molecule has 4 nitrogen and oxygen atoms in total. The summed E-state index contributed by atoms with van der Waals surface area (Å²) in [6.45, 7) is 4.04. The van der Waals surface area contributed by atoms with Crippen LogP contribution in [0.4, 0.5) is 0 Å². The molecule has 1 aromatic heterocycles. The van der Waals surface area contributed by atoms with E-state index in [1.165, 1.54) is 0 Å². The minimum atomic E-state index is -0.321. The first-order chi connectivity index (χ1) is 8.09.